The zero-order valence-corrected chi connectivity index (χ0v) is 17.7. The molecule has 3 heterocycles. The molecule has 2 aromatic carbocycles. The first-order valence-corrected chi connectivity index (χ1v) is 10.6. The summed E-state index contributed by atoms with van der Waals surface area (Å²) >= 11 is 0. The van der Waals surface area contributed by atoms with Crippen molar-refractivity contribution in [2.45, 2.75) is 20.4 Å². The van der Waals surface area contributed by atoms with Crippen LogP contribution in [0.15, 0.2) is 71.5 Å². The third-order valence-electron chi connectivity index (χ3n) is 5.71. The largest absolute Gasteiger partial charge is 0.463 e. The van der Waals surface area contributed by atoms with Crippen molar-refractivity contribution in [1.29, 1.82) is 0 Å². The fraction of sp³-hybridized carbons (Fsp3) is 0.240. The Morgan fingerprint density at radius 2 is 1.71 bits per heavy atom. The Hall–Kier alpha value is -3.51. The average Bonchev–Trinajstić information content (AvgIpc) is 3.57. The first-order chi connectivity index (χ1) is 15.3. The summed E-state index contributed by atoms with van der Waals surface area (Å²) in [5.41, 5.74) is 5.33. The molecule has 0 saturated heterocycles. The van der Waals surface area contributed by atoms with Crippen molar-refractivity contribution < 1.29 is 13.9 Å². The summed E-state index contributed by atoms with van der Waals surface area (Å²) in [5, 5.41) is 4.71. The maximum Gasteiger partial charge on any atom is 0.231 e. The van der Waals surface area contributed by atoms with E-state index in [9.17, 15) is 0 Å². The van der Waals surface area contributed by atoms with E-state index in [1.807, 2.05) is 41.2 Å². The van der Waals surface area contributed by atoms with Crippen molar-refractivity contribution in [2.24, 2.45) is 0 Å². The molecule has 4 aromatic rings. The van der Waals surface area contributed by atoms with E-state index in [1.165, 1.54) is 0 Å². The molecule has 0 bridgehead atoms. The Morgan fingerprint density at radius 3 is 2.45 bits per heavy atom. The van der Waals surface area contributed by atoms with Crippen LogP contribution in [0.1, 0.15) is 19.4 Å². The van der Waals surface area contributed by atoms with Crippen LogP contribution in [0.5, 0.6) is 11.5 Å². The van der Waals surface area contributed by atoms with Crippen LogP contribution >= 0.6 is 0 Å². The molecule has 6 heteroatoms. The van der Waals surface area contributed by atoms with Gasteiger partial charge in [-0.1, -0.05) is 32.0 Å². The van der Waals surface area contributed by atoms with Gasteiger partial charge in [0.25, 0.3) is 0 Å². The van der Waals surface area contributed by atoms with Gasteiger partial charge in [-0.15, -0.1) is 0 Å². The fourth-order valence-electron chi connectivity index (χ4n) is 3.93. The van der Waals surface area contributed by atoms with E-state index in [-0.39, 0.29) is 6.79 Å². The molecule has 0 N–H and O–H groups in total. The van der Waals surface area contributed by atoms with Gasteiger partial charge in [-0.2, -0.15) is 5.10 Å². The molecule has 1 aliphatic rings. The first-order valence-electron chi connectivity index (χ1n) is 10.6. The van der Waals surface area contributed by atoms with Crippen LogP contribution in [-0.2, 0) is 6.54 Å². The highest BCUT2D eigenvalue weighted by Crippen LogP contribution is 2.36. The van der Waals surface area contributed by atoms with Crippen LogP contribution in [0, 0.1) is 0 Å². The summed E-state index contributed by atoms with van der Waals surface area (Å²) in [6, 6.07) is 18.3. The average molecular weight is 415 g/mol. The van der Waals surface area contributed by atoms with E-state index in [2.05, 4.69) is 43.0 Å². The highest BCUT2D eigenvalue weighted by atomic mass is 16.7. The minimum Gasteiger partial charge on any atom is -0.463 e. The summed E-state index contributed by atoms with van der Waals surface area (Å²) in [7, 11) is 0. The molecular formula is C25H25N3O3. The lowest BCUT2D eigenvalue weighted by atomic mass is 10.0. The monoisotopic (exact) mass is 415 g/mol. The van der Waals surface area contributed by atoms with Crippen molar-refractivity contribution >= 4 is 0 Å². The second kappa shape index (κ2) is 8.32. The molecule has 158 valence electrons. The van der Waals surface area contributed by atoms with Gasteiger partial charge in [-0.3, -0.25) is 4.90 Å². The summed E-state index contributed by atoms with van der Waals surface area (Å²) < 4.78 is 18.6. The van der Waals surface area contributed by atoms with Gasteiger partial charge >= 0.3 is 0 Å². The van der Waals surface area contributed by atoms with E-state index in [4.69, 9.17) is 19.0 Å². The molecule has 1 aliphatic heterocycles. The molecule has 0 atom stereocenters. The Bertz CT molecular complexity index is 1160. The Labute approximate surface area is 181 Å². The second-order valence-corrected chi connectivity index (χ2v) is 7.48. The summed E-state index contributed by atoms with van der Waals surface area (Å²) in [6.45, 7) is 7.44. The van der Waals surface area contributed by atoms with Crippen molar-refractivity contribution in [3.8, 4) is 39.8 Å². The van der Waals surface area contributed by atoms with Crippen LogP contribution in [-0.4, -0.2) is 34.6 Å². The zero-order chi connectivity index (χ0) is 21.2. The molecule has 0 radical (unpaired) electrons. The number of nitrogens with zero attached hydrogens (tertiary/aromatic N) is 3. The number of benzene rings is 2. The van der Waals surface area contributed by atoms with E-state index in [0.29, 0.717) is 0 Å². The van der Waals surface area contributed by atoms with Gasteiger partial charge in [0, 0.05) is 12.1 Å². The second-order valence-electron chi connectivity index (χ2n) is 7.48. The number of furan rings is 1. The lowest BCUT2D eigenvalue weighted by Gasteiger charge is -2.18. The third kappa shape index (κ3) is 3.70. The molecule has 0 amide bonds. The predicted octanol–water partition coefficient (Wildman–Crippen LogP) is 5.37. The van der Waals surface area contributed by atoms with Crippen LogP contribution in [0.4, 0.5) is 0 Å². The molecule has 0 unspecified atom stereocenters. The topological polar surface area (TPSA) is 52.7 Å². The zero-order valence-electron chi connectivity index (χ0n) is 17.7. The summed E-state index contributed by atoms with van der Waals surface area (Å²) in [6.07, 6.45) is 3.65. The van der Waals surface area contributed by atoms with Crippen LogP contribution in [0.25, 0.3) is 28.3 Å². The predicted molar refractivity (Wildman–Crippen MR) is 119 cm³/mol. The molecule has 2 aromatic heterocycles. The molecule has 0 spiro atoms. The van der Waals surface area contributed by atoms with Gasteiger partial charge in [0.1, 0.15) is 5.69 Å². The highest BCUT2D eigenvalue weighted by Gasteiger charge is 2.19. The van der Waals surface area contributed by atoms with E-state index in [0.717, 1.165) is 65.0 Å². The van der Waals surface area contributed by atoms with Gasteiger partial charge < -0.3 is 13.9 Å². The van der Waals surface area contributed by atoms with Crippen LogP contribution in [0.3, 0.4) is 0 Å². The third-order valence-corrected chi connectivity index (χ3v) is 5.71. The smallest absolute Gasteiger partial charge is 0.231 e. The number of ether oxygens (including phenoxy) is 2. The number of hydrogen-bond acceptors (Lipinski definition) is 5. The summed E-state index contributed by atoms with van der Waals surface area (Å²) in [4.78, 5) is 2.37. The molecule has 0 fully saturated rings. The number of fused-ring (bicyclic) bond motifs is 1. The van der Waals surface area contributed by atoms with Crippen molar-refractivity contribution in [3.05, 3.63) is 72.6 Å². The minimum absolute atomic E-state index is 0.280. The lowest BCUT2D eigenvalue weighted by Crippen LogP contribution is -2.22. The number of aromatic nitrogens is 2. The Morgan fingerprint density at radius 1 is 0.935 bits per heavy atom. The molecule has 0 saturated carbocycles. The van der Waals surface area contributed by atoms with Gasteiger partial charge in [-0.25, -0.2) is 4.68 Å². The quantitative estimate of drug-likeness (QED) is 0.406. The molecule has 31 heavy (non-hydrogen) atoms. The number of rotatable bonds is 7. The van der Waals surface area contributed by atoms with E-state index >= 15 is 0 Å². The molecule has 0 aliphatic carbocycles. The van der Waals surface area contributed by atoms with E-state index < -0.39 is 0 Å². The first kappa shape index (κ1) is 19.5. The molecular weight excluding hydrogens is 390 g/mol. The van der Waals surface area contributed by atoms with Crippen molar-refractivity contribution in [3.63, 3.8) is 0 Å². The normalized spacial score (nSPS) is 12.6. The van der Waals surface area contributed by atoms with Gasteiger partial charge in [0.15, 0.2) is 17.3 Å². The van der Waals surface area contributed by atoms with E-state index in [1.54, 1.807) is 6.26 Å². The Kier molecular flexibility index (Phi) is 5.22. The fourth-order valence-corrected chi connectivity index (χ4v) is 3.93. The standard InChI is InChI=1S/C25H25N3O3/c1-3-27(4-2)16-20-15-26-28(25(20)23-6-5-13-29-23)21-10-7-18(8-11-21)19-9-12-22-24(14-19)31-17-30-22/h5-15H,3-4,16-17H2,1-2H3. The van der Waals surface area contributed by atoms with Crippen molar-refractivity contribution in [2.75, 3.05) is 19.9 Å². The maximum atomic E-state index is 5.76. The Balaban J connectivity index is 1.49. The highest BCUT2D eigenvalue weighted by molar-refractivity contribution is 5.69. The lowest BCUT2D eigenvalue weighted by molar-refractivity contribution is 0.174. The minimum atomic E-state index is 0.280. The van der Waals surface area contributed by atoms with Gasteiger partial charge in [0.2, 0.25) is 6.79 Å². The number of hydrogen-bond donors (Lipinski definition) is 0. The van der Waals surface area contributed by atoms with Crippen LogP contribution < -0.4 is 9.47 Å². The van der Waals surface area contributed by atoms with Crippen molar-refractivity contribution in [1.82, 2.24) is 14.7 Å². The molecule has 5 rings (SSSR count). The summed E-state index contributed by atoms with van der Waals surface area (Å²) in [5.74, 6) is 2.40. The SMILES string of the molecule is CCN(CC)Cc1cnn(-c2ccc(-c3ccc4c(c3)OCO4)cc2)c1-c1ccco1. The van der Waals surface area contributed by atoms with Gasteiger partial charge in [-0.05, 0) is 60.6 Å². The maximum absolute atomic E-state index is 5.76. The van der Waals surface area contributed by atoms with Gasteiger partial charge in [0.05, 0.1) is 18.1 Å². The molecule has 6 nitrogen and oxygen atoms in total. The van der Waals surface area contributed by atoms with Crippen LogP contribution in [0.2, 0.25) is 0 Å².